The molecule has 0 aliphatic heterocycles. The van der Waals surface area contributed by atoms with Gasteiger partial charge in [-0.2, -0.15) is 0 Å². The Hall–Kier alpha value is -1.49. The quantitative estimate of drug-likeness (QED) is 0.799. The number of nitrogens with zero attached hydrogens (tertiary/aromatic N) is 1. The Kier molecular flexibility index (Phi) is 2.87. The van der Waals surface area contributed by atoms with Crippen LogP contribution in [-0.2, 0) is 6.54 Å². The van der Waals surface area contributed by atoms with Crippen molar-refractivity contribution in [3.8, 4) is 0 Å². The monoisotopic (exact) mass is 240 g/mol. The number of hydrogen-bond acceptors (Lipinski definition) is 1. The molecule has 16 heavy (non-hydrogen) atoms. The summed E-state index contributed by atoms with van der Waals surface area (Å²) in [4.78, 5) is 2.87. The molecule has 84 valence electrons. The van der Waals surface area contributed by atoms with E-state index in [0.717, 1.165) is 11.8 Å². The average Bonchev–Trinajstić information content (AvgIpc) is 2.53. The lowest BCUT2D eigenvalue weighted by molar-refractivity contribution is 0.564. The number of aromatic amines is 1. The van der Waals surface area contributed by atoms with Crippen molar-refractivity contribution in [1.29, 1.82) is 0 Å². The predicted molar refractivity (Wildman–Crippen MR) is 59.8 cm³/mol. The van der Waals surface area contributed by atoms with Crippen LogP contribution in [0.4, 0.5) is 8.78 Å². The topological polar surface area (TPSA) is 20.7 Å². The highest BCUT2D eigenvalue weighted by atomic mass is 32.1. The Morgan fingerprint density at radius 1 is 1.38 bits per heavy atom. The van der Waals surface area contributed by atoms with Gasteiger partial charge in [0.05, 0.1) is 6.54 Å². The summed E-state index contributed by atoms with van der Waals surface area (Å²) in [5.74, 6) is -1.13. The molecule has 0 aliphatic rings. The zero-order chi connectivity index (χ0) is 11.7. The van der Waals surface area contributed by atoms with E-state index in [2.05, 4.69) is 4.98 Å². The molecule has 2 nitrogen and oxygen atoms in total. The van der Waals surface area contributed by atoms with Crippen molar-refractivity contribution in [1.82, 2.24) is 9.55 Å². The minimum Gasteiger partial charge on any atom is -0.337 e. The van der Waals surface area contributed by atoms with E-state index in [9.17, 15) is 8.78 Å². The summed E-state index contributed by atoms with van der Waals surface area (Å²) in [6, 6.07) is 3.55. The third-order valence-electron chi connectivity index (χ3n) is 2.42. The predicted octanol–water partition coefficient (Wildman–Crippen LogP) is 3.18. The zero-order valence-electron chi connectivity index (χ0n) is 8.63. The molecule has 0 saturated heterocycles. The normalized spacial score (nSPS) is 10.7. The maximum atomic E-state index is 13.4. The molecule has 1 aromatic heterocycles. The van der Waals surface area contributed by atoms with E-state index in [0.29, 0.717) is 16.9 Å². The van der Waals surface area contributed by atoms with Crippen molar-refractivity contribution < 1.29 is 8.78 Å². The van der Waals surface area contributed by atoms with Crippen molar-refractivity contribution in [3.63, 3.8) is 0 Å². The van der Waals surface area contributed by atoms with Gasteiger partial charge in [0.25, 0.3) is 0 Å². The highest BCUT2D eigenvalue weighted by Gasteiger charge is 2.06. The number of nitrogens with one attached hydrogen (secondary N) is 1. The van der Waals surface area contributed by atoms with E-state index in [4.69, 9.17) is 12.2 Å². The van der Waals surface area contributed by atoms with Gasteiger partial charge in [0.1, 0.15) is 11.6 Å². The zero-order valence-corrected chi connectivity index (χ0v) is 9.44. The fourth-order valence-corrected chi connectivity index (χ4v) is 1.77. The Balaban J connectivity index is 2.38. The summed E-state index contributed by atoms with van der Waals surface area (Å²) < 4.78 is 28.4. The lowest BCUT2D eigenvalue weighted by atomic mass is 10.2. The molecule has 0 amide bonds. The maximum absolute atomic E-state index is 13.4. The third-order valence-corrected chi connectivity index (χ3v) is 2.76. The summed E-state index contributed by atoms with van der Waals surface area (Å²) in [6.45, 7) is 2.17. The molecule has 5 heteroatoms. The fourth-order valence-electron chi connectivity index (χ4n) is 1.50. The molecule has 1 aromatic carbocycles. The SMILES string of the molecule is Cc1c[nH]c(=S)n1Cc1ccc(F)cc1F. The average molecular weight is 240 g/mol. The van der Waals surface area contributed by atoms with Crippen LogP contribution in [0.5, 0.6) is 0 Å². The van der Waals surface area contributed by atoms with Crippen LogP contribution >= 0.6 is 12.2 Å². The van der Waals surface area contributed by atoms with Gasteiger partial charge in [0, 0.05) is 23.5 Å². The number of rotatable bonds is 2. The molecular formula is C11H10F2N2S. The van der Waals surface area contributed by atoms with Crippen LogP contribution in [0.25, 0.3) is 0 Å². The highest BCUT2D eigenvalue weighted by molar-refractivity contribution is 7.71. The molecule has 0 unspecified atom stereocenters. The summed E-state index contributed by atoms with van der Waals surface area (Å²) in [5.41, 5.74) is 1.33. The highest BCUT2D eigenvalue weighted by Crippen LogP contribution is 2.12. The van der Waals surface area contributed by atoms with Gasteiger partial charge in [-0.15, -0.1) is 0 Å². The molecule has 0 radical (unpaired) electrons. The Morgan fingerprint density at radius 2 is 2.12 bits per heavy atom. The van der Waals surface area contributed by atoms with Gasteiger partial charge in [-0.25, -0.2) is 8.78 Å². The van der Waals surface area contributed by atoms with Gasteiger partial charge in [-0.1, -0.05) is 6.07 Å². The van der Waals surface area contributed by atoms with Gasteiger partial charge < -0.3 is 9.55 Å². The van der Waals surface area contributed by atoms with Gasteiger partial charge >= 0.3 is 0 Å². The molecule has 2 rings (SSSR count). The summed E-state index contributed by atoms with van der Waals surface area (Å²) in [6.07, 6.45) is 1.75. The van der Waals surface area contributed by atoms with Crippen LogP contribution in [-0.4, -0.2) is 9.55 Å². The lowest BCUT2D eigenvalue weighted by Crippen LogP contribution is -2.04. The number of aryl methyl sites for hydroxylation is 1. The van der Waals surface area contributed by atoms with Crippen molar-refractivity contribution in [2.75, 3.05) is 0 Å². The molecule has 0 bridgehead atoms. The van der Waals surface area contributed by atoms with Gasteiger partial charge in [0.15, 0.2) is 4.77 Å². The molecule has 1 heterocycles. The second-order valence-corrected chi connectivity index (χ2v) is 3.94. The van der Waals surface area contributed by atoms with E-state index in [1.54, 1.807) is 10.8 Å². The van der Waals surface area contributed by atoms with Gasteiger partial charge in [0.2, 0.25) is 0 Å². The largest absolute Gasteiger partial charge is 0.337 e. The van der Waals surface area contributed by atoms with E-state index in [-0.39, 0.29) is 0 Å². The van der Waals surface area contributed by atoms with E-state index in [1.807, 2.05) is 6.92 Å². The number of benzene rings is 1. The molecule has 0 spiro atoms. The Bertz CT molecular complexity index is 572. The van der Waals surface area contributed by atoms with E-state index in [1.165, 1.54) is 12.1 Å². The molecule has 0 atom stereocenters. The number of aromatic nitrogens is 2. The first-order chi connectivity index (χ1) is 7.58. The standard InChI is InChI=1S/C11H10F2N2S/c1-7-5-14-11(16)15(7)6-8-2-3-9(12)4-10(8)13/h2-5H,6H2,1H3,(H,14,16). The minimum atomic E-state index is -0.573. The molecule has 0 fully saturated rings. The van der Waals surface area contributed by atoms with Crippen LogP contribution in [0.1, 0.15) is 11.3 Å². The molecule has 2 aromatic rings. The van der Waals surface area contributed by atoms with Crippen molar-refractivity contribution in [2.24, 2.45) is 0 Å². The van der Waals surface area contributed by atoms with E-state index >= 15 is 0 Å². The van der Waals surface area contributed by atoms with Crippen LogP contribution in [0.2, 0.25) is 0 Å². The Labute approximate surface area is 96.5 Å². The van der Waals surface area contributed by atoms with Crippen LogP contribution in [0.3, 0.4) is 0 Å². The van der Waals surface area contributed by atoms with Crippen LogP contribution in [0, 0.1) is 23.3 Å². The third kappa shape index (κ3) is 2.04. The second kappa shape index (κ2) is 4.17. The van der Waals surface area contributed by atoms with Crippen LogP contribution < -0.4 is 0 Å². The van der Waals surface area contributed by atoms with Crippen molar-refractivity contribution in [2.45, 2.75) is 13.5 Å². The van der Waals surface area contributed by atoms with E-state index < -0.39 is 11.6 Å². The first-order valence-electron chi connectivity index (χ1n) is 4.76. The number of H-pyrrole nitrogens is 1. The molecule has 0 saturated carbocycles. The maximum Gasteiger partial charge on any atom is 0.177 e. The number of imidazole rings is 1. The van der Waals surface area contributed by atoms with Gasteiger partial charge in [-0.05, 0) is 25.2 Å². The first-order valence-corrected chi connectivity index (χ1v) is 5.17. The van der Waals surface area contributed by atoms with Crippen molar-refractivity contribution >= 4 is 12.2 Å². The smallest absolute Gasteiger partial charge is 0.177 e. The fraction of sp³-hybridized carbons (Fsp3) is 0.182. The summed E-state index contributed by atoms with van der Waals surface area (Å²) in [5, 5.41) is 0. The lowest BCUT2D eigenvalue weighted by Gasteiger charge is -2.06. The second-order valence-electron chi connectivity index (χ2n) is 3.56. The van der Waals surface area contributed by atoms with Crippen LogP contribution in [0.15, 0.2) is 24.4 Å². The molecular weight excluding hydrogens is 230 g/mol. The molecule has 0 aliphatic carbocycles. The van der Waals surface area contributed by atoms with Gasteiger partial charge in [-0.3, -0.25) is 0 Å². The summed E-state index contributed by atoms with van der Waals surface area (Å²) in [7, 11) is 0. The minimum absolute atomic E-state index is 0.306. The Morgan fingerprint density at radius 3 is 2.69 bits per heavy atom. The van der Waals surface area contributed by atoms with Crippen molar-refractivity contribution in [3.05, 3.63) is 52.1 Å². The number of hydrogen-bond donors (Lipinski definition) is 1. The first kappa shape index (κ1) is 11.0. The summed E-state index contributed by atoms with van der Waals surface area (Å²) >= 11 is 5.05. The molecule has 1 N–H and O–H groups in total. The number of halogens is 2.